The second-order valence-corrected chi connectivity index (χ2v) is 5.14. The van der Waals surface area contributed by atoms with Crippen LogP contribution in [0.2, 0.25) is 0 Å². The number of hydrogen-bond acceptors (Lipinski definition) is 5. The molecule has 118 valence electrons. The summed E-state index contributed by atoms with van der Waals surface area (Å²) in [6.07, 6.45) is 0.529. The summed E-state index contributed by atoms with van der Waals surface area (Å²) < 4.78 is 16.2. The molecule has 2 aromatic rings. The van der Waals surface area contributed by atoms with Gasteiger partial charge in [0.2, 0.25) is 5.78 Å². The molecule has 0 saturated heterocycles. The molecule has 1 aliphatic heterocycles. The highest BCUT2D eigenvalue weighted by Gasteiger charge is 2.28. The molecule has 3 rings (SSSR count). The predicted molar refractivity (Wildman–Crippen MR) is 80.5 cm³/mol. The van der Waals surface area contributed by atoms with Gasteiger partial charge in [-0.25, -0.2) is 4.79 Å². The lowest BCUT2D eigenvalue weighted by Gasteiger charge is -2.10. The quantitative estimate of drug-likeness (QED) is 0.873. The van der Waals surface area contributed by atoms with Crippen LogP contribution in [-0.2, 0) is 4.79 Å². The van der Waals surface area contributed by atoms with Gasteiger partial charge in [0.15, 0.2) is 11.9 Å². The third kappa shape index (κ3) is 2.96. The van der Waals surface area contributed by atoms with E-state index in [4.69, 9.17) is 19.0 Å². The number of rotatable bonds is 4. The highest BCUT2D eigenvalue weighted by Crippen LogP contribution is 2.35. The van der Waals surface area contributed by atoms with E-state index in [1.165, 1.54) is 19.1 Å². The number of carbonyl (C=O) groups is 2. The number of hydrogen-bond donors (Lipinski definition) is 1. The Morgan fingerprint density at radius 2 is 2.09 bits per heavy atom. The van der Waals surface area contributed by atoms with Crippen LogP contribution in [0.15, 0.2) is 40.5 Å². The maximum absolute atomic E-state index is 12.3. The molecule has 0 amide bonds. The first-order valence-corrected chi connectivity index (χ1v) is 6.98. The highest BCUT2D eigenvalue weighted by molar-refractivity contribution is 6.14. The van der Waals surface area contributed by atoms with E-state index < -0.39 is 12.1 Å². The van der Waals surface area contributed by atoms with Crippen LogP contribution in [0.1, 0.15) is 28.8 Å². The van der Waals surface area contributed by atoms with Gasteiger partial charge in [0, 0.05) is 12.1 Å². The Labute approximate surface area is 131 Å². The van der Waals surface area contributed by atoms with Gasteiger partial charge in [-0.05, 0) is 38.1 Å². The van der Waals surface area contributed by atoms with Crippen LogP contribution in [0.25, 0.3) is 6.08 Å². The number of ketones is 1. The molecule has 2 heterocycles. The van der Waals surface area contributed by atoms with E-state index in [9.17, 15) is 9.59 Å². The molecule has 6 nitrogen and oxygen atoms in total. The topological polar surface area (TPSA) is 86.0 Å². The fraction of sp³-hybridized carbons (Fsp3) is 0.176. The third-order valence-corrected chi connectivity index (χ3v) is 3.34. The van der Waals surface area contributed by atoms with E-state index in [0.717, 1.165) is 5.76 Å². The van der Waals surface area contributed by atoms with Crippen molar-refractivity contribution in [2.45, 2.75) is 20.0 Å². The molecule has 23 heavy (non-hydrogen) atoms. The van der Waals surface area contributed by atoms with Crippen molar-refractivity contribution in [1.29, 1.82) is 0 Å². The van der Waals surface area contributed by atoms with Crippen molar-refractivity contribution in [3.05, 3.63) is 53.2 Å². The SMILES string of the molecule is Cc1ccc(/C=C2\Oc3cc(O[C@@H](C)C(=O)O)ccc3C2=O)o1. The van der Waals surface area contributed by atoms with E-state index >= 15 is 0 Å². The standard InChI is InChI=1S/C17H14O6/c1-9-3-4-11(21-9)8-15-16(18)13-6-5-12(7-14(13)23-15)22-10(2)17(19)20/h3-8,10H,1-2H3,(H,19,20)/b15-8-/t10-/m0/s1. The van der Waals surface area contributed by atoms with Crippen LogP contribution >= 0.6 is 0 Å². The molecule has 1 atom stereocenters. The van der Waals surface area contributed by atoms with Crippen LogP contribution in [0.5, 0.6) is 11.5 Å². The van der Waals surface area contributed by atoms with Crippen molar-refractivity contribution in [1.82, 2.24) is 0 Å². The highest BCUT2D eigenvalue weighted by atomic mass is 16.5. The van der Waals surface area contributed by atoms with Crippen LogP contribution < -0.4 is 9.47 Å². The number of carbonyl (C=O) groups excluding carboxylic acids is 1. The molecule has 1 N–H and O–H groups in total. The third-order valence-electron chi connectivity index (χ3n) is 3.34. The Kier molecular flexibility index (Phi) is 3.65. The lowest BCUT2D eigenvalue weighted by molar-refractivity contribution is -0.144. The average molecular weight is 314 g/mol. The Balaban J connectivity index is 1.85. The van der Waals surface area contributed by atoms with Gasteiger partial charge in [0.05, 0.1) is 5.56 Å². The molecule has 1 aromatic carbocycles. The fourth-order valence-electron chi connectivity index (χ4n) is 2.16. The molecule has 6 heteroatoms. The second-order valence-electron chi connectivity index (χ2n) is 5.14. The number of carboxylic acid groups (broad SMARTS) is 1. The van der Waals surface area contributed by atoms with Gasteiger partial charge in [-0.1, -0.05) is 0 Å². The van der Waals surface area contributed by atoms with Crippen molar-refractivity contribution in [2.24, 2.45) is 0 Å². The summed E-state index contributed by atoms with van der Waals surface area (Å²) in [5.41, 5.74) is 0.398. The minimum atomic E-state index is -1.07. The predicted octanol–water partition coefficient (Wildman–Crippen LogP) is 3.06. The zero-order valence-electron chi connectivity index (χ0n) is 12.5. The number of furan rings is 1. The van der Waals surface area contributed by atoms with Gasteiger partial charge in [0.1, 0.15) is 23.0 Å². The molecule has 1 aliphatic rings. The van der Waals surface area contributed by atoms with Crippen molar-refractivity contribution in [3.8, 4) is 11.5 Å². The van der Waals surface area contributed by atoms with Gasteiger partial charge < -0.3 is 19.0 Å². The van der Waals surface area contributed by atoms with Crippen LogP contribution in [-0.4, -0.2) is 23.0 Å². The van der Waals surface area contributed by atoms with Crippen molar-refractivity contribution < 1.29 is 28.6 Å². The van der Waals surface area contributed by atoms with Gasteiger partial charge in [0.25, 0.3) is 0 Å². The minimum absolute atomic E-state index is 0.151. The monoisotopic (exact) mass is 314 g/mol. The fourth-order valence-corrected chi connectivity index (χ4v) is 2.16. The van der Waals surface area contributed by atoms with E-state index in [0.29, 0.717) is 22.8 Å². The maximum Gasteiger partial charge on any atom is 0.344 e. The Bertz CT molecular complexity index is 814. The number of ether oxygens (including phenoxy) is 2. The first kappa shape index (κ1) is 14.9. The Morgan fingerprint density at radius 1 is 1.30 bits per heavy atom. The lowest BCUT2D eigenvalue weighted by Crippen LogP contribution is -2.22. The molecule has 0 radical (unpaired) electrons. The number of allylic oxidation sites excluding steroid dienone is 1. The smallest absolute Gasteiger partial charge is 0.344 e. The largest absolute Gasteiger partial charge is 0.479 e. The van der Waals surface area contributed by atoms with Gasteiger partial charge in [-0.15, -0.1) is 0 Å². The van der Waals surface area contributed by atoms with Crippen molar-refractivity contribution in [2.75, 3.05) is 0 Å². The number of aliphatic carboxylic acids is 1. The first-order valence-electron chi connectivity index (χ1n) is 6.98. The minimum Gasteiger partial charge on any atom is -0.479 e. The lowest BCUT2D eigenvalue weighted by atomic mass is 10.1. The van der Waals surface area contributed by atoms with Gasteiger partial charge in [-0.2, -0.15) is 0 Å². The molecule has 0 unspecified atom stereocenters. The summed E-state index contributed by atoms with van der Waals surface area (Å²) in [5, 5.41) is 8.86. The molecule has 0 saturated carbocycles. The summed E-state index contributed by atoms with van der Waals surface area (Å²) in [4.78, 5) is 23.1. The van der Waals surface area contributed by atoms with E-state index in [-0.39, 0.29) is 11.5 Å². The molecule has 0 fully saturated rings. The summed E-state index contributed by atoms with van der Waals surface area (Å²) in [6, 6.07) is 8.12. The maximum atomic E-state index is 12.3. The summed E-state index contributed by atoms with van der Waals surface area (Å²) >= 11 is 0. The molecular weight excluding hydrogens is 300 g/mol. The molecule has 1 aromatic heterocycles. The number of carboxylic acids is 1. The summed E-state index contributed by atoms with van der Waals surface area (Å²) in [7, 11) is 0. The van der Waals surface area contributed by atoms with Gasteiger partial charge >= 0.3 is 5.97 Å². The number of Topliss-reactive ketones (excluding diaryl/α,β-unsaturated/α-hetero) is 1. The number of aryl methyl sites for hydroxylation is 1. The zero-order chi connectivity index (χ0) is 16.6. The number of fused-ring (bicyclic) bond motifs is 1. The van der Waals surface area contributed by atoms with Gasteiger partial charge in [-0.3, -0.25) is 4.79 Å². The van der Waals surface area contributed by atoms with Crippen molar-refractivity contribution in [3.63, 3.8) is 0 Å². The average Bonchev–Trinajstić information content (AvgIpc) is 3.03. The van der Waals surface area contributed by atoms with Crippen LogP contribution in [0, 0.1) is 6.92 Å². The summed E-state index contributed by atoms with van der Waals surface area (Å²) in [5.74, 6) is 0.731. The van der Waals surface area contributed by atoms with Crippen molar-refractivity contribution >= 4 is 17.8 Å². The van der Waals surface area contributed by atoms with E-state index in [1.54, 1.807) is 31.2 Å². The first-order chi connectivity index (χ1) is 10.9. The van der Waals surface area contributed by atoms with Crippen LogP contribution in [0.3, 0.4) is 0 Å². The van der Waals surface area contributed by atoms with E-state index in [2.05, 4.69) is 0 Å². The number of benzene rings is 1. The van der Waals surface area contributed by atoms with E-state index in [1.807, 2.05) is 0 Å². The molecular formula is C17H14O6. The second kappa shape index (κ2) is 5.64. The normalized spacial score (nSPS) is 16.1. The Morgan fingerprint density at radius 3 is 2.74 bits per heavy atom. The zero-order valence-corrected chi connectivity index (χ0v) is 12.5. The molecule has 0 bridgehead atoms. The van der Waals surface area contributed by atoms with Crippen LogP contribution in [0.4, 0.5) is 0 Å². The summed E-state index contributed by atoms with van der Waals surface area (Å²) in [6.45, 7) is 3.23. The molecule has 0 spiro atoms. The molecule has 0 aliphatic carbocycles. The Hall–Kier alpha value is -3.02.